The van der Waals surface area contributed by atoms with Gasteiger partial charge in [-0.25, -0.2) is 0 Å². The number of nitrogens with zero attached hydrogens (tertiary/aromatic N) is 2. The molecule has 90 valence electrons. The summed E-state index contributed by atoms with van der Waals surface area (Å²) in [5, 5.41) is 7.51. The zero-order chi connectivity index (χ0) is 12.0. The van der Waals surface area contributed by atoms with E-state index >= 15 is 0 Å². The Morgan fingerprint density at radius 2 is 2.44 bits per heavy atom. The molecule has 4 nitrogen and oxygen atoms in total. The van der Waals surface area contributed by atoms with Crippen molar-refractivity contribution in [1.82, 2.24) is 10.6 Å². The van der Waals surface area contributed by atoms with E-state index in [0.717, 1.165) is 30.6 Å². The van der Waals surface area contributed by atoms with Crippen molar-refractivity contribution in [3.63, 3.8) is 0 Å². The van der Waals surface area contributed by atoms with Crippen molar-refractivity contribution in [2.75, 3.05) is 6.54 Å². The van der Waals surface area contributed by atoms with Gasteiger partial charge in [0.2, 0.25) is 0 Å². The molecule has 1 aromatic rings. The van der Waals surface area contributed by atoms with Gasteiger partial charge in [-0.15, -0.1) is 11.6 Å². The van der Waals surface area contributed by atoms with Crippen molar-refractivity contribution < 1.29 is 4.52 Å². The maximum absolute atomic E-state index is 6.11. The monoisotopic (exact) mass is 263 g/mol. The number of hydrogen-bond acceptors (Lipinski definition) is 4. The zero-order valence-corrected chi connectivity index (χ0v) is 10.8. The highest BCUT2D eigenvalue weighted by atomic mass is 35.5. The van der Waals surface area contributed by atoms with Crippen molar-refractivity contribution in [2.24, 2.45) is 5.10 Å². The summed E-state index contributed by atoms with van der Waals surface area (Å²) in [6, 6.07) is 0. The molecule has 1 aromatic heterocycles. The van der Waals surface area contributed by atoms with Gasteiger partial charge in [0.1, 0.15) is 16.8 Å². The van der Waals surface area contributed by atoms with E-state index in [1.54, 1.807) is 0 Å². The lowest BCUT2D eigenvalue weighted by molar-refractivity contribution is 0.414. The molecule has 1 unspecified atom stereocenters. The average molecular weight is 264 g/mol. The first-order valence-electron chi connectivity index (χ1n) is 5.17. The third-order valence-electron chi connectivity index (χ3n) is 2.10. The Labute approximate surface area is 105 Å². The number of halogens is 2. The van der Waals surface area contributed by atoms with Gasteiger partial charge in [-0.2, -0.15) is 5.10 Å². The molecule has 0 saturated heterocycles. The highest BCUT2D eigenvalue weighted by molar-refractivity contribution is 6.70. The van der Waals surface area contributed by atoms with E-state index in [4.69, 9.17) is 27.7 Å². The van der Waals surface area contributed by atoms with E-state index in [-0.39, 0.29) is 0 Å². The van der Waals surface area contributed by atoms with Crippen LogP contribution in [0.4, 0.5) is 0 Å². The standard InChI is InChI=1S/C10H15Cl2N3O/c1-3-4-5-13-14-10(12)9(11)8-6-16-15-7(8)2/h6,9,13H,3-5H2,1-2H3/b14-10-. The number of hydrazone groups is 1. The summed E-state index contributed by atoms with van der Waals surface area (Å²) in [7, 11) is 0. The second kappa shape index (κ2) is 6.76. The molecule has 0 radical (unpaired) electrons. The van der Waals surface area contributed by atoms with Gasteiger partial charge < -0.3 is 9.95 Å². The van der Waals surface area contributed by atoms with Gasteiger partial charge in [0.15, 0.2) is 0 Å². The van der Waals surface area contributed by atoms with Crippen LogP contribution in [0.3, 0.4) is 0 Å². The first-order valence-corrected chi connectivity index (χ1v) is 5.99. The Hall–Kier alpha value is -0.740. The normalized spacial score (nSPS) is 13.9. The van der Waals surface area contributed by atoms with Crippen LogP contribution in [0, 0.1) is 6.92 Å². The Morgan fingerprint density at radius 3 is 3.00 bits per heavy atom. The molecule has 0 bridgehead atoms. The van der Waals surface area contributed by atoms with Gasteiger partial charge in [0.25, 0.3) is 0 Å². The van der Waals surface area contributed by atoms with Gasteiger partial charge >= 0.3 is 0 Å². The van der Waals surface area contributed by atoms with Crippen LogP contribution in [-0.4, -0.2) is 16.9 Å². The lowest BCUT2D eigenvalue weighted by atomic mass is 10.2. The van der Waals surface area contributed by atoms with Crippen molar-refractivity contribution in [3.8, 4) is 0 Å². The topological polar surface area (TPSA) is 50.4 Å². The summed E-state index contributed by atoms with van der Waals surface area (Å²) in [5.41, 5.74) is 4.34. The number of aromatic nitrogens is 1. The summed E-state index contributed by atoms with van der Waals surface area (Å²) in [6.07, 6.45) is 3.64. The molecule has 0 aliphatic carbocycles. The highest BCUT2D eigenvalue weighted by Gasteiger charge is 2.18. The molecule has 1 atom stereocenters. The molecule has 0 aromatic carbocycles. The number of rotatable bonds is 6. The second-order valence-electron chi connectivity index (χ2n) is 3.41. The quantitative estimate of drug-likeness (QED) is 0.371. The first kappa shape index (κ1) is 13.3. The van der Waals surface area contributed by atoms with Gasteiger partial charge in [-0.05, 0) is 13.3 Å². The second-order valence-corrected chi connectivity index (χ2v) is 4.24. The number of aryl methyl sites for hydroxylation is 1. The largest absolute Gasteiger partial charge is 0.364 e. The highest BCUT2D eigenvalue weighted by Crippen LogP contribution is 2.26. The van der Waals surface area contributed by atoms with E-state index in [1.807, 2.05) is 6.92 Å². The molecule has 0 amide bonds. The molecular weight excluding hydrogens is 249 g/mol. The van der Waals surface area contributed by atoms with Crippen LogP contribution in [0.5, 0.6) is 0 Å². The lowest BCUT2D eigenvalue weighted by Crippen LogP contribution is -2.11. The minimum atomic E-state index is -0.512. The summed E-state index contributed by atoms with van der Waals surface area (Å²) < 4.78 is 4.79. The maximum atomic E-state index is 6.11. The van der Waals surface area contributed by atoms with Crippen LogP contribution in [0.1, 0.15) is 36.4 Å². The average Bonchev–Trinajstić information content (AvgIpc) is 2.69. The van der Waals surface area contributed by atoms with Gasteiger partial charge in [-0.1, -0.05) is 30.1 Å². The minimum Gasteiger partial charge on any atom is -0.364 e. The third-order valence-corrected chi connectivity index (χ3v) is 2.95. The summed E-state index contributed by atoms with van der Waals surface area (Å²) >= 11 is 12.1. The van der Waals surface area contributed by atoms with Crippen LogP contribution in [0.15, 0.2) is 15.9 Å². The fraction of sp³-hybridized carbons (Fsp3) is 0.600. The van der Waals surface area contributed by atoms with Gasteiger partial charge in [0.05, 0.1) is 5.69 Å². The number of nitrogens with one attached hydrogen (secondary N) is 1. The predicted octanol–water partition coefficient (Wildman–Crippen LogP) is 3.20. The van der Waals surface area contributed by atoms with Crippen molar-refractivity contribution in [2.45, 2.75) is 32.1 Å². The smallest absolute Gasteiger partial charge is 0.148 e. The maximum Gasteiger partial charge on any atom is 0.148 e. The molecular formula is C10H15Cl2N3O. The van der Waals surface area contributed by atoms with Crippen molar-refractivity contribution in [3.05, 3.63) is 17.5 Å². The molecule has 0 aliphatic heterocycles. The third kappa shape index (κ3) is 3.68. The molecule has 0 fully saturated rings. The number of alkyl halides is 1. The Morgan fingerprint density at radius 1 is 1.69 bits per heavy atom. The first-order chi connectivity index (χ1) is 7.66. The van der Waals surface area contributed by atoms with Gasteiger partial charge in [0, 0.05) is 12.1 Å². The molecule has 1 heterocycles. The fourth-order valence-corrected chi connectivity index (χ4v) is 1.55. The van der Waals surface area contributed by atoms with Crippen LogP contribution in [0.2, 0.25) is 0 Å². The SMILES string of the molecule is CCCCN/N=C(\Cl)C(Cl)c1conc1C. The van der Waals surface area contributed by atoms with Crippen LogP contribution >= 0.6 is 23.2 Å². The Kier molecular flexibility index (Phi) is 5.63. The van der Waals surface area contributed by atoms with Crippen LogP contribution in [-0.2, 0) is 0 Å². The van der Waals surface area contributed by atoms with E-state index in [0.29, 0.717) is 5.17 Å². The fourth-order valence-electron chi connectivity index (χ4n) is 1.12. The lowest BCUT2D eigenvalue weighted by Gasteiger charge is -2.05. The molecule has 6 heteroatoms. The van der Waals surface area contributed by atoms with Gasteiger partial charge in [-0.3, -0.25) is 0 Å². The van der Waals surface area contributed by atoms with Crippen molar-refractivity contribution in [1.29, 1.82) is 0 Å². The number of hydrogen-bond donors (Lipinski definition) is 1. The Bertz CT molecular complexity index is 352. The van der Waals surface area contributed by atoms with Crippen LogP contribution in [0.25, 0.3) is 0 Å². The molecule has 16 heavy (non-hydrogen) atoms. The molecule has 1 rings (SSSR count). The van der Waals surface area contributed by atoms with E-state index < -0.39 is 5.38 Å². The molecule has 0 aliphatic rings. The molecule has 0 spiro atoms. The molecule has 0 saturated carbocycles. The van der Waals surface area contributed by atoms with Crippen molar-refractivity contribution >= 4 is 28.4 Å². The number of unbranched alkanes of at least 4 members (excludes halogenated alkanes) is 1. The Balaban J connectivity index is 2.53. The minimum absolute atomic E-state index is 0.295. The zero-order valence-electron chi connectivity index (χ0n) is 9.33. The summed E-state index contributed by atoms with van der Waals surface area (Å²) in [5.74, 6) is 0. The summed E-state index contributed by atoms with van der Waals surface area (Å²) in [4.78, 5) is 0. The summed E-state index contributed by atoms with van der Waals surface area (Å²) in [6.45, 7) is 4.71. The van der Waals surface area contributed by atoms with E-state index in [9.17, 15) is 0 Å². The molecule has 1 N–H and O–H groups in total. The predicted molar refractivity (Wildman–Crippen MR) is 66.0 cm³/mol. The van der Waals surface area contributed by atoms with E-state index in [1.165, 1.54) is 6.26 Å². The van der Waals surface area contributed by atoms with E-state index in [2.05, 4.69) is 22.6 Å². The van der Waals surface area contributed by atoms with Crippen LogP contribution < -0.4 is 5.43 Å².